The van der Waals surface area contributed by atoms with Gasteiger partial charge in [-0.05, 0) is 55.2 Å². The average Bonchev–Trinajstić information content (AvgIpc) is 3.15. The SMILES string of the molecule is CN(C)c1ccc2c(-c3ccccc3C(=O)N3CCC(C(=O)CCCC(=O)C(F)c4ccccc4OP(=O)(O)O)CC3)c3ccc(=[N+](C)C)cc-3oc2c1. The van der Waals surface area contributed by atoms with Gasteiger partial charge in [0.15, 0.2) is 12.0 Å². The van der Waals surface area contributed by atoms with Crippen LogP contribution in [0.25, 0.3) is 33.4 Å². The van der Waals surface area contributed by atoms with E-state index in [9.17, 15) is 18.9 Å². The number of phosphoric acid groups is 1. The highest BCUT2D eigenvalue weighted by Gasteiger charge is 2.31. The molecule has 1 unspecified atom stereocenters. The summed E-state index contributed by atoms with van der Waals surface area (Å²) in [5.41, 5.74) is 4.52. The first-order chi connectivity index (χ1) is 25.7. The Balaban J connectivity index is 1.15. The summed E-state index contributed by atoms with van der Waals surface area (Å²) in [5.74, 6) is -0.994. The van der Waals surface area contributed by atoms with E-state index in [2.05, 4.69) is 4.52 Å². The maximum Gasteiger partial charge on any atom is 0.524 e. The monoisotopic (exact) mass is 756 g/mol. The summed E-state index contributed by atoms with van der Waals surface area (Å²) in [4.78, 5) is 62.1. The number of ketones is 2. The number of carbonyl (C=O) groups is 3. The van der Waals surface area contributed by atoms with Crippen LogP contribution in [0.5, 0.6) is 5.75 Å². The van der Waals surface area contributed by atoms with Crippen LogP contribution in [0, 0.1) is 5.92 Å². The number of rotatable bonds is 12. The zero-order chi connectivity index (χ0) is 38.7. The molecule has 282 valence electrons. The molecule has 3 aromatic carbocycles. The second kappa shape index (κ2) is 16.1. The fourth-order valence-electron chi connectivity index (χ4n) is 7.02. The van der Waals surface area contributed by atoms with Crippen LogP contribution in [0.4, 0.5) is 10.1 Å². The van der Waals surface area contributed by atoms with E-state index in [0.29, 0.717) is 42.8 Å². The van der Waals surface area contributed by atoms with Crippen LogP contribution < -0.4 is 19.4 Å². The summed E-state index contributed by atoms with van der Waals surface area (Å²) in [6.07, 6.45) is -1.25. The van der Waals surface area contributed by atoms with Gasteiger partial charge in [-0.1, -0.05) is 36.4 Å². The molecule has 0 saturated carbocycles. The first kappa shape index (κ1) is 38.6. The molecule has 1 fully saturated rings. The van der Waals surface area contributed by atoms with Gasteiger partial charge in [0.1, 0.15) is 37.0 Å². The van der Waals surface area contributed by atoms with Gasteiger partial charge in [0.05, 0.1) is 6.07 Å². The van der Waals surface area contributed by atoms with Gasteiger partial charge in [0.2, 0.25) is 5.36 Å². The molecule has 13 heteroatoms. The third-order valence-electron chi connectivity index (χ3n) is 9.92. The first-order valence-corrected chi connectivity index (χ1v) is 19.4. The molecular weight excluding hydrogens is 712 g/mol. The van der Waals surface area contributed by atoms with Gasteiger partial charge < -0.3 is 18.7 Å². The minimum absolute atomic E-state index is 0.0453. The lowest BCUT2D eigenvalue weighted by Crippen LogP contribution is -2.40. The van der Waals surface area contributed by atoms with Crippen molar-refractivity contribution in [2.24, 2.45) is 5.92 Å². The molecule has 1 amide bonds. The molecule has 2 aliphatic heterocycles. The van der Waals surface area contributed by atoms with E-state index in [1.54, 1.807) is 4.90 Å². The van der Waals surface area contributed by atoms with E-state index in [1.807, 2.05) is 98.3 Å². The number of fused-ring (bicyclic) bond motifs is 2. The van der Waals surface area contributed by atoms with Gasteiger partial charge in [-0.15, -0.1) is 0 Å². The third kappa shape index (κ3) is 8.46. The van der Waals surface area contributed by atoms with Crippen LogP contribution >= 0.6 is 7.82 Å². The first-order valence-electron chi connectivity index (χ1n) is 17.8. The Morgan fingerprint density at radius 3 is 2.35 bits per heavy atom. The molecule has 6 rings (SSSR count). The minimum Gasteiger partial charge on any atom is -0.456 e. The lowest BCUT2D eigenvalue weighted by molar-refractivity contribution is -0.125. The third-order valence-corrected chi connectivity index (χ3v) is 10.4. The Hall–Kier alpha value is -5.16. The summed E-state index contributed by atoms with van der Waals surface area (Å²) in [6, 6.07) is 25.0. The molecule has 1 saturated heterocycles. The lowest BCUT2D eigenvalue weighted by atomic mass is 9.88. The number of hydrogen-bond acceptors (Lipinski definition) is 7. The number of halogens is 1. The Labute approximate surface area is 312 Å². The highest BCUT2D eigenvalue weighted by molar-refractivity contribution is 7.46. The van der Waals surface area contributed by atoms with E-state index in [-0.39, 0.29) is 42.4 Å². The van der Waals surface area contributed by atoms with Gasteiger partial charge in [-0.3, -0.25) is 24.2 Å². The molecule has 0 aromatic heterocycles. The van der Waals surface area contributed by atoms with Crippen LogP contribution in [0.2, 0.25) is 0 Å². The average molecular weight is 757 g/mol. The zero-order valence-corrected chi connectivity index (χ0v) is 31.6. The molecule has 3 aromatic rings. The van der Waals surface area contributed by atoms with Gasteiger partial charge in [0.25, 0.3) is 5.91 Å². The number of Topliss-reactive ketones (excluding diaryl/α,β-unsaturated/α-hetero) is 2. The van der Waals surface area contributed by atoms with Crippen molar-refractivity contribution in [3.05, 3.63) is 101 Å². The van der Waals surface area contributed by atoms with E-state index >= 15 is 4.39 Å². The molecule has 54 heavy (non-hydrogen) atoms. The number of phosphoric ester groups is 1. The van der Waals surface area contributed by atoms with E-state index < -0.39 is 25.5 Å². The van der Waals surface area contributed by atoms with Gasteiger partial charge in [-0.2, -0.15) is 0 Å². The number of para-hydroxylation sites is 1. The normalized spacial score (nSPS) is 14.2. The van der Waals surface area contributed by atoms with Crippen LogP contribution in [-0.4, -0.2) is 73.4 Å². The Morgan fingerprint density at radius 2 is 1.65 bits per heavy atom. The molecule has 0 bridgehead atoms. The molecule has 1 aliphatic carbocycles. The number of likely N-dealkylation sites (tertiary alicyclic amines) is 1. The maximum atomic E-state index is 15.1. The van der Waals surface area contributed by atoms with Crippen molar-refractivity contribution in [3.8, 4) is 28.2 Å². The van der Waals surface area contributed by atoms with Gasteiger partial charge in [-0.25, -0.2) is 13.5 Å². The van der Waals surface area contributed by atoms with Gasteiger partial charge >= 0.3 is 7.82 Å². The number of benzene rings is 4. The highest BCUT2D eigenvalue weighted by Crippen LogP contribution is 2.43. The van der Waals surface area contributed by atoms with E-state index in [0.717, 1.165) is 33.1 Å². The summed E-state index contributed by atoms with van der Waals surface area (Å²) in [5, 5.41) is 1.86. The quantitative estimate of drug-likeness (QED) is 0.0814. The van der Waals surface area contributed by atoms with Crippen molar-refractivity contribution in [1.29, 1.82) is 0 Å². The number of nitrogens with zero attached hydrogens (tertiary/aromatic N) is 3. The number of amides is 1. The largest absolute Gasteiger partial charge is 0.524 e. The lowest BCUT2D eigenvalue weighted by Gasteiger charge is -2.32. The molecule has 0 radical (unpaired) electrons. The predicted molar refractivity (Wildman–Crippen MR) is 205 cm³/mol. The van der Waals surface area contributed by atoms with Crippen molar-refractivity contribution in [3.63, 3.8) is 0 Å². The molecule has 0 spiro atoms. The minimum atomic E-state index is -4.96. The molecule has 11 nitrogen and oxygen atoms in total. The molecule has 3 aliphatic rings. The standard InChI is InChI=1S/C41H43FN3O8P/c1-43(2)27-16-18-31-37(24-27)52-38-25-28(44(3)4)17-19-32(38)39(31)29-10-5-6-11-30(29)41(48)45-22-20-26(21-23-45)34(46)13-9-14-35(47)40(42)33-12-7-8-15-36(33)53-54(49,50)51/h5-8,10-12,15-19,24-26,40H,9,13-14,20-23H2,1-4H3,(H-,49,50,51)/p+1. The second-order valence-corrected chi connectivity index (χ2v) is 15.2. The maximum absolute atomic E-state index is 15.1. The highest BCUT2D eigenvalue weighted by atomic mass is 31.2. The van der Waals surface area contributed by atoms with Crippen molar-refractivity contribution >= 4 is 42.0 Å². The second-order valence-electron chi connectivity index (χ2n) is 14.0. The summed E-state index contributed by atoms with van der Waals surface area (Å²) >= 11 is 0. The van der Waals surface area contributed by atoms with Crippen molar-refractivity contribution in [2.45, 2.75) is 38.3 Å². The number of piperidine rings is 1. The van der Waals surface area contributed by atoms with Crippen molar-refractivity contribution < 1.29 is 42.1 Å². The molecule has 2 N–H and O–H groups in total. The number of alkyl halides is 1. The molecule has 1 atom stereocenters. The fourth-order valence-corrected chi connectivity index (χ4v) is 7.44. The smallest absolute Gasteiger partial charge is 0.456 e. The van der Waals surface area contributed by atoms with Crippen LogP contribution in [0.3, 0.4) is 0 Å². The predicted octanol–water partition coefficient (Wildman–Crippen LogP) is 6.65. The summed E-state index contributed by atoms with van der Waals surface area (Å²) in [6.45, 7) is 0.769. The Bertz CT molecular complexity index is 2300. The number of carbonyl (C=O) groups excluding carboxylic acids is 3. The van der Waals surface area contributed by atoms with E-state index in [4.69, 9.17) is 14.2 Å². The van der Waals surface area contributed by atoms with Gasteiger partial charge in [0, 0.05) is 91.4 Å². The van der Waals surface area contributed by atoms with Crippen LogP contribution in [0.1, 0.15) is 54.2 Å². The van der Waals surface area contributed by atoms with Crippen LogP contribution in [-0.2, 0) is 14.2 Å². The summed E-state index contributed by atoms with van der Waals surface area (Å²) in [7, 11) is 2.93. The molecule has 2 heterocycles. The van der Waals surface area contributed by atoms with Crippen LogP contribution in [0.15, 0.2) is 89.3 Å². The molecular formula is C41H44FN3O8P+. The topological polar surface area (TPSA) is 141 Å². The Kier molecular flexibility index (Phi) is 11.5. The number of anilines is 1. The van der Waals surface area contributed by atoms with Crippen molar-refractivity contribution in [1.82, 2.24) is 9.48 Å². The zero-order valence-electron chi connectivity index (χ0n) is 30.7. The fraction of sp³-hybridized carbons (Fsp3) is 0.317. The summed E-state index contributed by atoms with van der Waals surface area (Å²) < 4.78 is 39.4. The Morgan fingerprint density at radius 1 is 0.944 bits per heavy atom. The van der Waals surface area contributed by atoms with E-state index in [1.165, 1.54) is 24.3 Å². The van der Waals surface area contributed by atoms with Crippen molar-refractivity contribution in [2.75, 3.05) is 46.2 Å². The number of hydrogen-bond donors (Lipinski definition) is 2.